The molecule has 1 aromatic rings. The van der Waals surface area contributed by atoms with Gasteiger partial charge in [-0.15, -0.1) is 0 Å². The van der Waals surface area contributed by atoms with Gasteiger partial charge < -0.3 is 5.11 Å². The first-order valence-electron chi connectivity index (χ1n) is 3.87. The Balaban J connectivity index is 3.18. The third-order valence-corrected chi connectivity index (χ3v) is 2.26. The Bertz CT molecular complexity index is 397. The number of carboxylic acids is 1. The number of carbonyl (C=O) groups is 1. The van der Waals surface area contributed by atoms with Crippen LogP contribution in [0, 0.1) is 0 Å². The summed E-state index contributed by atoms with van der Waals surface area (Å²) >= 11 is 11.6. The topological polar surface area (TPSA) is 37.3 Å². The van der Waals surface area contributed by atoms with Gasteiger partial charge in [-0.1, -0.05) is 23.2 Å². The van der Waals surface area contributed by atoms with E-state index in [1.165, 1.54) is 0 Å². The van der Waals surface area contributed by atoms with Crippen molar-refractivity contribution in [2.24, 2.45) is 0 Å². The van der Waals surface area contributed by atoms with E-state index in [0.29, 0.717) is 21.2 Å². The molecule has 0 saturated heterocycles. The van der Waals surface area contributed by atoms with Gasteiger partial charge in [0, 0.05) is 16.1 Å². The maximum Gasteiger partial charge on any atom is 0.328 e. The highest BCUT2D eigenvalue weighted by Crippen LogP contribution is 2.26. The molecule has 0 aliphatic heterocycles. The lowest BCUT2D eigenvalue weighted by molar-refractivity contribution is -0.131. The normalized spacial score (nSPS) is 11.5. The summed E-state index contributed by atoms with van der Waals surface area (Å²) in [5.41, 5.74) is 1.21. The minimum Gasteiger partial charge on any atom is -0.478 e. The van der Waals surface area contributed by atoms with Gasteiger partial charge in [0.05, 0.1) is 0 Å². The van der Waals surface area contributed by atoms with Crippen LogP contribution in [0.5, 0.6) is 0 Å². The van der Waals surface area contributed by atoms with Gasteiger partial charge in [-0.25, -0.2) is 4.79 Å². The molecule has 1 aromatic carbocycles. The van der Waals surface area contributed by atoms with Crippen molar-refractivity contribution in [1.82, 2.24) is 0 Å². The summed E-state index contributed by atoms with van der Waals surface area (Å²) in [7, 11) is 0. The lowest BCUT2D eigenvalue weighted by Gasteiger charge is -2.03. The summed E-state index contributed by atoms with van der Waals surface area (Å²) in [6.45, 7) is 1.67. The summed E-state index contributed by atoms with van der Waals surface area (Å²) in [5.74, 6) is -1.00. The van der Waals surface area contributed by atoms with Crippen LogP contribution in [0.15, 0.2) is 24.3 Å². The molecule has 0 aliphatic rings. The zero-order valence-corrected chi connectivity index (χ0v) is 8.93. The quantitative estimate of drug-likeness (QED) is 0.791. The Morgan fingerprint density at radius 3 is 2.64 bits per heavy atom. The minimum atomic E-state index is -1.00. The molecule has 0 radical (unpaired) electrons. The van der Waals surface area contributed by atoms with E-state index >= 15 is 0 Å². The van der Waals surface area contributed by atoms with Crippen molar-refractivity contribution in [3.05, 3.63) is 39.9 Å². The highest BCUT2D eigenvalue weighted by Gasteiger charge is 2.04. The highest BCUT2D eigenvalue weighted by molar-refractivity contribution is 6.34. The lowest BCUT2D eigenvalue weighted by Crippen LogP contribution is -1.90. The number of rotatable bonds is 2. The average Bonchev–Trinajstić information content (AvgIpc) is 2.08. The van der Waals surface area contributed by atoms with Gasteiger partial charge in [0.2, 0.25) is 0 Å². The third-order valence-electron chi connectivity index (χ3n) is 1.69. The fourth-order valence-corrected chi connectivity index (χ4v) is 1.50. The van der Waals surface area contributed by atoms with Gasteiger partial charge in [0.15, 0.2) is 0 Å². The van der Waals surface area contributed by atoms with Crippen LogP contribution >= 0.6 is 23.2 Å². The first kappa shape index (κ1) is 11.1. The summed E-state index contributed by atoms with van der Waals surface area (Å²) in [6, 6.07) is 4.93. The molecule has 0 spiro atoms. The molecule has 0 unspecified atom stereocenters. The van der Waals surface area contributed by atoms with Crippen molar-refractivity contribution in [1.29, 1.82) is 0 Å². The van der Waals surface area contributed by atoms with Crippen LogP contribution in [0.25, 0.3) is 5.57 Å². The van der Waals surface area contributed by atoms with Crippen LogP contribution in [0.4, 0.5) is 0 Å². The van der Waals surface area contributed by atoms with E-state index in [1.54, 1.807) is 25.1 Å². The van der Waals surface area contributed by atoms with Crippen LogP contribution in [0.1, 0.15) is 12.5 Å². The fraction of sp³-hybridized carbons (Fsp3) is 0.100. The lowest BCUT2D eigenvalue weighted by atomic mass is 10.1. The van der Waals surface area contributed by atoms with Gasteiger partial charge in [-0.3, -0.25) is 0 Å². The molecule has 0 bridgehead atoms. The second kappa shape index (κ2) is 4.49. The summed E-state index contributed by atoms with van der Waals surface area (Å²) < 4.78 is 0. The molecule has 0 aliphatic carbocycles. The Morgan fingerprint density at radius 1 is 1.43 bits per heavy atom. The molecule has 0 atom stereocenters. The van der Waals surface area contributed by atoms with E-state index < -0.39 is 5.97 Å². The standard InChI is InChI=1S/C10H8Cl2O2/c1-6(4-10(13)14)8-5-7(11)2-3-9(8)12/h2-5H,1H3,(H,13,14)/b6-4+. The van der Waals surface area contributed by atoms with Crippen molar-refractivity contribution >= 4 is 34.7 Å². The number of hydrogen-bond acceptors (Lipinski definition) is 1. The Morgan fingerprint density at radius 2 is 2.07 bits per heavy atom. The molecule has 0 aromatic heterocycles. The van der Waals surface area contributed by atoms with Gasteiger partial charge in [0.25, 0.3) is 0 Å². The first-order chi connectivity index (χ1) is 6.50. The van der Waals surface area contributed by atoms with Crippen LogP contribution in [-0.4, -0.2) is 11.1 Å². The molecule has 0 heterocycles. The van der Waals surface area contributed by atoms with Crippen LogP contribution in [0.2, 0.25) is 10.0 Å². The molecule has 1 N–H and O–H groups in total. The summed E-state index contributed by atoms with van der Waals surface area (Å²) in [4.78, 5) is 10.4. The summed E-state index contributed by atoms with van der Waals surface area (Å²) in [5, 5.41) is 9.57. The number of hydrogen-bond donors (Lipinski definition) is 1. The number of benzene rings is 1. The average molecular weight is 231 g/mol. The highest BCUT2D eigenvalue weighted by atomic mass is 35.5. The number of halogens is 2. The minimum absolute atomic E-state index is 0.490. The molecule has 14 heavy (non-hydrogen) atoms. The predicted octanol–water partition coefficient (Wildman–Crippen LogP) is 3.48. The number of allylic oxidation sites excluding steroid dienone is 1. The Kier molecular flexibility index (Phi) is 3.55. The molecule has 0 amide bonds. The van der Waals surface area contributed by atoms with E-state index in [-0.39, 0.29) is 0 Å². The number of aliphatic carboxylic acids is 1. The maximum atomic E-state index is 10.4. The van der Waals surface area contributed by atoms with E-state index in [1.807, 2.05) is 0 Å². The Labute approximate surface area is 91.8 Å². The molecular formula is C10H8Cl2O2. The van der Waals surface area contributed by atoms with E-state index in [0.717, 1.165) is 6.08 Å². The predicted molar refractivity (Wildman–Crippen MR) is 57.7 cm³/mol. The monoisotopic (exact) mass is 230 g/mol. The smallest absolute Gasteiger partial charge is 0.328 e. The van der Waals surface area contributed by atoms with Crippen molar-refractivity contribution < 1.29 is 9.90 Å². The zero-order valence-electron chi connectivity index (χ0n) is 7.42. The van der Waals surface area contributed by atoms with E-state index in [9.17, 15) is 4.79 Å². The molecule has 0 saturated carbocycles. The fourth-order valence-electron chi connectivity index (χ4n) is 1.06. The van der Waals surface area contributed by atoms with Gasteiger partial charge in [0.1, 0.15) is 0 Å². The van der Waals surface area contributed by atoms with Gasteiger partial charge in [-0.2, -0.15) is 0 Å². The summed E-state index contributed by atoms with van der Waals surface area (Å²) in [6.07, 6.45) is 1.09. The van der Waals surface area contributed by atoms with Crippen molar-refractivity contribution in [2.75, 3.05) is 0 Å². The van der Waals surface area contributed by atoms with Crippen molar-refractivity contribution in [2.45, 2.75) is 6.92 Å². The Hall–Kier alpha value is -0.990. The zero-order chi connectivity index (χ0) is 10.7. The molecule has 4 heteroatoms. The molecule has 2 nitrogen and oxygen atoms in total. The van der Waals surface area contributed by atoms with Crippen molar-refractivity contribution in [3.8, 4) is 0 Å². The second-order valence-corrected chi connectivity index (χ2v) is 3.63. The maximum absolute atomic E-state index is 10.4. The molecular weight excluding hydrogens is 223 g/mol. The third kappa shape index (κ3) is 2.76. The number of carboxylic acid groups (broad SMARTS) is 1. The first-order valence-corrected chi connectivity index (χ1v) is 4.63. The van der Waals surface area contributed by atoms with E-state index in [2.05, 4.69) is 0 Å². The molecule has 0 fully saturated rings. The van der Waals surface area contributed by atoms with Crippen LogP contribution in [-0.2, 0) is 4.79 Å². The van der Waals surface area contributed by atoms with E-state index in [4.69, 9.17) is 28.3 Å². The van der Waals surface area contributed by atoms with Crippen LogP contribution in [0.3, 0.4) is 0 Å². The molecule has 1 rings (SSSR count). The van der Waals surface area contributed by atoms with Gasteiger partial charge in [-0.05, 0) is 36.3 Å². The van der Waals surface area contributed by atoms with Crippen molar-refractivity contribution in [3.63, 3.8) is 0 Å². The second-order valence-electron chi connectivity index (χ2n) is 2.79. The molecule has 74 valence electrons. The SMILES string of the molecule is C/C(=C\C(=O)O)c1cc(Cl)ccc1Cl. The largest absolute Gasteiger partial charge is 0.478 e. The van der Waals surface area contributed by atoms with Crippen LogP contribution < -0.4 is 0 Å². The van der Waals surface area contributed by atoms with Gasteiger partial charge >= 0.3 is 5.97 Å².